The monoisotopic (exact) mass is 254 g/mol. The number of hydrogen-bond donors (Lipinski definition) is 1. The maximum absolute atomic E-state index is 5.90. The van der Waals surface area contributed by atoms with Crippen molar-refractivity contribution in [2.24, 2.45) is 5.92 Å². The molecular formula is C12H19ClN4. The van der Waals surface area contributed by atoms with Crippen molar-refractivity contribution in [2.75, 3.05) is 32.0 Å². The Morgan fingerprint density at radius 1 is 1.53 bits per heavy atom. The molecule has 1 aromatic rings. The summed E-state index contributed by atoms with van der Waals surface area (Å²) in [5.74, 6) is 2.24. The maximum Gasteiger partial charge on any atom is 0.134 e. The van der Waals surface area contributed by atoms with Gasteiger partial charge in [-0.3, -0.25) is 0 Å². The fourth-order valence-corrected chi connectivity index (χ4v) is 2.54. The highest BCUT2D eigenvalue weighted by Crippen LogP contribution is 2.17. The Morgan fingerprint density at radius 2 is 2.35 bits per heavy atom. The van der Waals surface area contributed by atoms with Crippen LogP contribution >= 0.6 is 11.6 Å². The van der Waals surface area contributed by atoms with Crippen molar-refractivity contribution in [1.82, 2.24) is 14.9 Å². The quantitative estimate of drug-likeness (QED) is 0.840. The van der Waals surface area contributed by atoms with Crippen molar-refractivity contribution in [3.8, 4) is 0 Å². The number of nitrogens with zero attached hydrogens (tertiary/aromatic N) is 3. The van der Waals surface area contributed by atoms with E-state index in [2.05, 4.69) is 27.2 Å². The van der Waals surface area contributed by atoms with Crippen LogP contribution in [0.2, 0.25) is 5.15 Å². The van der Waals surface area contributed by atoms with Gasteiger partial charge < -0.3 is 10.2 Å². The first-order valence-corrected chi connectivity index (χ1v) is 6.45. The SMILES string of the molecule is Cc1nc(Cl)cc(NCC2CCCN(C)C2)n1. The molecule has 4 nitrogen and oxygen atoms in total. The van der Waals surface area contributed by atoms with E-state index in [1.807, 2.05) is 6.92 Å². The Morgan fingerprint density at radius 3 is 3.06 bits per heavy atom. The van der Waals surface area contributed by atoms with Crippen LogP contribution in [0, 0.1) is 12.8 Å². The third-order valence-electron chi connectivity index (χ3n) is 3.10. The molecular weight excluding hydrogens is 236 g/mol. The van der Waals surface area contributed by atoms with Crippen LogP contribution in [0.15, 0.2) is 6.07 Å². The van der Waals surface area contributed by atoms with Gasteiger partial charge in [-0.1, -0.05) is 11.6 Å². The number of aromatic nitrogens is 2. The molecule has 0 radical (unpaired) electrons. The number of anilines is 1. The summed E-state index contributed by atoms with van der Waals surface area (Å²) in [5.41, 5.74) is 0. The van der Waals surface area contributed by atoms with Gasteiger partial charge in [-0.25, -0.2) is 9.97 Å². The van der Waals surface area contributed by atoms with Crippen molar-refractivity contribution in [3.05, 3.63) is 17.0 Å². The summed E-state index contributed by atoms with van der Waals surface area (Å²) in [6.45, 7) is 5.18. The molecule has 5 heteroatoms. The van der Waals surface area contributed by atoms with Gasteiger partial charge in [0.15, 0.2) is 0 Å². The molecule has 1 fully saturated rings. The standard InChI is InChI=1S/C12H19ClN4/c1-9-15-11(13)6-12(16-9)14-7-10-4-3-5-17(2)8-10/h6,10H,3-5,7-8H2,1-2H3,(H,14,15,16). The van der Waals surface area contributed by atoms with Crippen molar-refractivity contribution in [3.63, 3.8) is 0 Å². The van der Waals surface area contributed by atoms with Crippen molar-refractivity contribution in [2.45, 2.75) is 19.8 Å². The Kier molecular flexibility index (Phi) is 4.18. The number of likely N-dealkylation sites (tertiary alicyclic amines) is 1. The minimum atomic E-state index is 0.501. The largest absolute Gasteiger partial charge is 0.370 e. The minimum absolute atomic E-state index is 0.501. The number of nitrogens with one attached hydrogen (secondary N) is 1. The van der Waals surface area contributed by atoms with Gasteiger partial charge in [0.2, 0.25) is 0 Å². The Balaban J connectivity index is 1.88. The summed E-state index contributed by atoms with van der Waals surface area (Å²) < 4.78 is 0. The summed E-state index contributed by atoms with van der Waals surface area (Å²) in [6, 6.07) is 1.78. The van der Waals surface area contributed by atoms with E-state index < -0.39 is 0 Å². The number of hydrogen-bond acceptors (Lipinski definition) is 4. The molecule has 1 N–H and O–H groups in total. The number of piperidine rings is 1. The van der Waals surface area contributed by atoms with Crippen LogP contribution in [0.1, 0.15) is 18.7 Å². The summed E-state index contributed by atoms with van der Waals surface area (Å²) in [7, 11) is 2.18. The maximum atomic E-state index is 5.90. The van der Waals surface area contributed by atoms with Gasteiger partial charge in [-0.05, 0) is 39.3 Å². The lowest BCUT2D eigenvalue weighted by molar-refractivity contribution is 0.217. The van der Waals surface area contributed by atoms with Crippen molar-refractivity contribution < 1.29 is 0 Å². The second-order valence-corrected chi connectivity index (χ2v) is 5.16. The molecule has 0 aliphatic carbocycles. The van der Waals surface area contributed by atoms with Gasteiger partial charge in [0.05, 0.1) is 0 Å². The van der Waals surface area contributed by atoms with Crippen LogP contribution in [0.5, 0.6) is 0 Å². The van der Waals surface area contributed by atoms with Crippen molar-refractivity contribution >= 4 is 17.4 Å². The summed E-state index contributed by atoms with van der Waals surface area (Å²) in [6.07, 6.45) is 2.57. The molecule has 1 atom stereocenters. The number of rotatable bonds is 3. The second-order valence-electron chi connectivity index (χ2n) is 4.77. The van der Waals surface area contributed by atoms with Crippen LogP contribution in [0.25, 0.3) is 0 Å². The zero-order chi connectivity index (χ0) is 12.3. The summed E-state index contributed by atoms with van der Waals surface area (Å²) in [4.78, 5) is 10.7. The predicted octanol–water partition coefficient (Wildman–Crippen LogP) is 2.19. The van der Waals surface area contributed by atoms with Gasteiger partial charge in [-0.2, -0.15) is 0 Å². The average molecular weight is 255 g/mol. The minimum Gasteiger partial charge on any atom is -0.370 e. The topological polar surface area (TPSA) is 41.1 Å². The molecule has 1 unspecified atom stereocenters. The number of aryl methyl sites for hydroxylation is 1. The highest BCUT2D eigenvalue weighted by molar-refractivity contribution is 6.29. The van der Waals surface area contributed by atoms with E-state index in [-0.39, 0.29) is 0 Å². The van der Waals surface area contributed by atoms with E-state index >= 15 is 0 Å². The normalized spacial score (nSPS) is 21.5. The molecule has 1 aliphatic heterocycles. The first kappa shape index (κ1) is 12.6. The molecule has 0 aromatic carbocycles. The highest BCUT2D eigenvalue weighted by Gasteiger charge is 2.16. The van der Waals surface area contributed by atoms with Crippen LogP contribution in [-0.4, -0.2) is 41.5 Å². The molecule has 1 aromatic heterocycles. The highest BCUT2D eigenvalue weighted by atomic mass is 35.5. The van der Waals surface area contributed by atoms with Gasteiger partial charge in [-0.15, -0.1) is 0 Å². The fourth-order valence-electron chi connectivity index (χ4n) is 2.31. The average Bonchev–Trinajstić information content (AvgIpc) is 2.25. The Bertz CT molecular complexity index is 363. The van der Waals surface area contributed by atoms with Crippen LogP contribution in [-0.2, 0) is 0 Å². The van der Waals surface area contributed by atoms with E-state index in [1.54, 1.807) is 6.07 Å². The molecule has 2 rings (SSSR count). The molecule has 1 saturated heterocycles. The second kappa shape index (κ2) is 5.65. The molecule has 0 saturated carbocycles. The van der Waals surface area contributed by atoms with Crippen LogP contribution in [0.4, 0.5) is 5.82 Å². The summed E-state index contributed by atoms with van der Waals surface area (Å²) in [5, 5.41) is 3.86. The molecule has 17 heavy (non-hydrogen) atoms. The summed E-state index contributed by atoms with van der Waals surface area (Å²) >= 11 is 5.90. The smallest absolute Gasteiger partial charge is 0.134 e. The zero-order valence-corrected chi connectivity index (χ0v) is 11.2. The lowest BCUT2D eigenvalue weighted by Crippen LogP contribution is -2.35. The molecule has 0 amide bonds. The Labute approximate surface area is 107 Å². The number of halogens is 1. The van der Waals surface area contributed by atoms with Gasteiger partial charge in [0.25, 0.3) is 0 Å². The van der Waals surface area contributed by atoms with Gasteiger partial charge >= 0.3 is 0 Å². The third-order valence-corrected chi connectivity index (χ3v) is 3.29. The van der Waals surface area contributed by atoms with E-state index in [1.165, 1.54) is 19.4 Å². The van der Waals surface area contributed by atoms with E-state index in [4.69, 9.17) is 11.6 Å². The van der Waals surface area contributed by atoms with Gasteiger partial charge in [0, 0.05) is 19.2 Å². The van der Waals surface area contributed by atoms with Crippen LogP contribution in [0.3, 0.4) is 0 Å². The molecule has 94 valence electrons. The van der Waals surface area contributed by atoms with E-state index in [0.29, 0.717) is 16.9 Å². The molecule has 1 aliphatic rings. The van der Waals surface area contributed by atoms with E-state index in [9.17, 15) is 0 Å². The lowest BCUT2D eigenvalue weighted by atomic mass is 9.98. The molecule has 2 heterocycles. The van der Waals surface area contributed by atoms with Gasteiger partial charge in [0.1, 0.15) is 16.8 Å². The zero-order valence-electron chi connectivity index (χ0n) is 10.4. The third kappa shape index (κ3) is 3.82. The van der Waals surface area contributed by atoms with Crippen molar-refractivity contribution in [1.29, 1.82) is 0 Å². The Hall–Kier alpha value is -0.870. The lowest BCUT2D eigenvalue weighted by Gasteiger charge is -2.29. The van der Waals surface area contributed by atoms with Crippen LogP contribution < -0.4 is 5.32 Å². The first-order valence-electron chi connectivity index (χ1n) is 6.07. The van der Waals surface area contributed by atoms with E-state index in [0.717, 1.165) is 18.9 Å². The molecule has 0 bridgehead atoms. The predicted molar refractivity (Wildman–Crippen MR) is 70.5 cm³/mol. The fraction of sp³-hybridized carbons (Fsp3) is 0.667. The molecule has 0 spiro atoms. The first-order chi connectivity index (χ1) is 8.13.